The summed E-state index contributed by atoms with van der Waals surface area (Å²) in [5.41, 5.74) is 0. The van der Waals surface area contributed by atoms with Crippen LogP contribution in [0, 0.1) is 0 Å². The molecule has 0 spiro atoms. The summed E-state index contributed by atoms with van der Waals surface area (Å²) in [5, 5.41) is 31.5. The topological polar surface area (TPSA) is 175 Å². The molecule has 1 aliphatic rings. The van der Waals surface area contributed by atoms with E-state index < -0.39 is 67.3 Å². The Labute approximate surface area is 476 Å². The van der Waals surface area contributed by atoms with E-state index in [-0.39, 0.29) is 25.9 Å². The monoisotopic (exact) mass is 1100 g/mol. The third-order valence-electron chi connectivity index (χ3n) is 12.4. The maximum Gasteiger partial charge on any atom is 0.335 e. The Morgan fingerprint density at radius 2 is 0.797 bits per heavy atom. The van der Waals surface area contributed by atoms with Crippen molar-refractivity contribution < 1.29 is 58.2 Å². The minimum Gasteiger partial charge on any atom is -0.479 e. The molecule has 1 heterocycles. The van der Waals surface area contributed by atoms with Crippen molar-refractivity contribution in [3.63, 3.8) is 0 Å². The zero-order valence-corrected chi connectivity index (χ0v) is 48.5. The van der Waals surface area contributed by atoms with E-state index in [4.69, 9.17) is 23.7 Å². The molecule has 0 aliphatic carbocycles. The van der Waals surface area contributed by atoms with E-state index in [0.29, 0.717) is 19.3 Å². The number of rotatable bonds is 48. The first kappa shape index (κ1) is 71.6. The van der Waals surface area contributed by atoms with Gasteiger partial charge in [-0.05, 0) is 116 Å². The number of esters is 3. The minimum absolute atomic E-state index is 0.126. The third kappa shape index (κ3) is 43.1. The van der Waals surface area contributed by atoms with Crippen molar-refractivity contribution >= 4 is 23.9 Å². The average Bonchev–Trinajstić information content (AvgIpc) is 3.43. The van der Waals surface area contributed by atoms with Gasteiger partial charge >= 0.3 is 23.9 Å². The Morgan fingerprint density at radius 3 is 1.22 bits per heavy atom. The number of hydrogen-bond acceptors (Lipinski definition) is 11. The Morgan fingerprint density at radius 1 is 0.430 bits per heavy atom. The molecule has 0 bridgehead atoms. The van der Waals surface area contributed by atoms with Gasteiger partial charge in [0.1, 0.15) is 18.8 Å². The standard InChI is InChI=1S/C67H102O12/c1-4-7-10-13-16-19-22-25-28-30-33-35-38-41-44-47-50-53-59(68)75-56-58(77-60(69)54-51-48-45-42-39-37-34-31-29-26-23-20-17-14-11-8-5-2)57-76-67-65(63(72)62(71)64(79-67)66(73)74)78-61(70)55-52-49-46-43-40-36-32-27-24-21-18-15-12-9-6-3/h7-12,16-21,25-29,32-33,35,40,43,49,52,58,62-65,67,71-72H,4-6,13-15,22-24,30-31,34,36-39,41-42,44-48,50-51,53-57H2,1-3H3,(H,73,74)/b10-7-,11-8-,12-9-,19-16-,20-17-,21-18-,28-25-,29-26-,32-27-,35-33-,43-40-,52-49-. The maximum atomic E-state index is 13.2. The van der Waals surface area contributed by atoms with Crippen LogP contribution in [0.4, 0.5) is 0 Å². The van der Waals surface area contributed by atoms with Crippen LogP contribution in [-0.2, 0) is 42.9 Å². The van der Waals surface area contributed by atoms with Gasteiger partial charge in [-0.2, -0.15) is 0 Å². The van der Waals surface area contributed by atoms with Gasteiger partial charge < -0.3 is 39.0 Å². The average molecular weight is 1100 g/mol. The van der Waals surface area contributed by atoms with Crippen molar-refractivity contribution in [1.29, 1.82) is 0 Å². The Bertz CT molecular complexity index is 1930. The second-order valence-corrected chi connectivity index (χ2v) is 19.5. The first-order valence-corrected chi connectivity index (χ1v) is 29.8. The molecule has 79 heavy (non-hydrogen) atoms. The summed E-state index contributed by atoms with van der Waals surface area (Å²) in [6, 6.07) is 0. The summed E-state index contributed by atoms with van der Waals surface area (Å²) in [5.74, 6) is -3.35. The van der Waals surface area contributed by atoms with Crippen molar-refractivity contribution in [2.75, 3.05) is 13.2 Å². The molecule has 0 saturated carbocycles. The predicted octanol–water partition coefficient (Wildman–Crippen LogP) is 15.6. The minimum atomic E-state index is -1.95. The van der Waals surface area contributed by atoms with E-state index in [0.717, 1.165) is 141 Å². The van der Waals surface area contributed by atoms with Crippen LogP contribution in [0.1, 0.15) is 201 Å². The van der Waals surface area contributed by atoms with Crippen molar-refractivity contribution in [2.24, 2.45) is 0 Å². The largest absolute Gasteiger partial charge is 0.479 e. The molecular formula is C67H102O12. The normalized spacial score (nSPS) is 18.9. The van der Waals surface area contributed by atoms with E-state index in [2.05, 4.69) is 142 Å². The van der Waals surface area contributed by atoms with Gasteiger partial charge in [0, 0.05) is 12.8 Å². The van der Waals surface area contributed by atoms with Crippen LogP contribution in [-0.4, -0.2) is 89.2 Å². The smallest absolute Gasteiger partial charge is 0.335 e. The van der Waals surface area contributed by atoms with Gasteiger partial charge in [-0.3, -0.25) is 14.4 Å². The zero-order chi connectivity index (χ0) is 57.5. The highest BCUT2D eigenvalue weighted by Gasteiger charge is 2.50. The van der Waals surface area contributed by atoms with Crippen LogP contribution in [0.2, 0.25) is 0 Å². The number of allylic oxidation sites excluding steroid dienone is 23. The number of carbonyl (C=O) groups excluding carboxylic acids is 3. The summed E-state index contributed by atoms with van der Waals surface area (Å²) in [6.07, 6.45) is 64.1. The molecule has 3 N–H and O–H groups in total. The number of carbonyl (C=O) groups is 4. The van der Waals surface area contributed by atoms with E-state index in [1.165, 1.54) is 0 Å². The molecule has 6 atom stereocenters. The second kappa shape index (κ2) is 53.3. The molecule has 0 aromatic heterocycles. The molecule has 12 nitrogen and oxygen atoms in total. The summed E-state index contributed by atoms with van der Waals surface area (Å²) in [7, 11) is 0. The summed E-state index contributed by atoms with van der Waals surface area (Å²) < 4.78 is 28.3. The number of aliphatic hydroxyl groups excluding tert-OH is 2. The van der Waals surface area contributed by atoms with Crippen LogP contribution in [0.3, 0.4) is 0 Å². The fourth-order valence-electron chi connectivity index (χ4n) is 7.98. The lowest BCUT2D eigenvalue weighted by Crippen LogP contribution is -2.61. The molecule has 6 unspecified atom stereocenters. The van der Waals surface area contributed by atoms with Crippen LogP contribution in [0.5, 0.6) is 0 Å². The Balaban J connectivity index is 2.77. The number of carboxylic acids is 1. The molecule has 1 fully saturated rings. The molecule has 0 aromatic rings. The van der Waals surface area contributed by atoms with Gasteiger partial charge in [-0.15, -0.1) is 0 Å². The molecule has 1 saturated heterocycles. The summed E-state index contributed by atoms with van der Waals surface area (Å²) in [4.78, 5) is 51.1. The van der Waals surface area contributed by atoms with Gasteiger partial charge in [-0.1, -0.05) is 212 Å². The van der Waals surface area contributed by atoms with Gasteiger partial charge in [-0.25, -0.2) is 4.79 Å². The lowest BCUT2D eigenvalue weighted by molar-refractivity contribution is -0.301. The lowest BCUT2D eigenvalue weighted by atomic mass is 9.98. The number of ether oxygens (including phenoxy) is 5. The van der Waals surface area contributed by atoms with Gasteiger partial charge in [0.05, 0.1) is 13.0 Å². The van der Waals surface area contributed by atoms with Gasteiger partial charge in [0.2, 0.25) is 0 Å². The molecule has 1 rings (SSSR count). The lowest BCUT2D eigenvalue weighted by Gasteiger charge is -2.40. The SMILES string of the molecule is CC/C=C\C/C=C\C/C=C\C/C=C\C/C=C\CC(=O)OC1C(OCC(COC(=O)CCCCCC/C=C\C/C=C\C/C=C\C/C=C\CC)OC(=O)CCCCCCCCC/C=C\C/C=C\C/C=C\CC)OC(C(=O)O)C(O)C1O. The fourth-order valence-corrected chi connectivity index (χ4v) is 7.98. The fraction of sp³-hybridized carbons (Fsp3) is 0.582. The highest BCUT2D eigenvalue weighted by atomic mass is 16.7. The molecule has 1 aliphatic heterocycles. The molecule has 442 valence electrons. The second-order valence-electron chi connectivity index (χ2n) is 19.5. The van der Waals surface area contributed by atoms with Crippen LogP contribution in [0.15, 0.2) is 146 Å². The zero-order valence-electron chi connectivity index (χ0n) is 48.5. The number of aliphatic carboxylic acids is 1. The van der Waals surface area contributed by atoms with Crippen LogP contribution >= 0.6 is 0 Å². The number of carboxylic acid groups (broad SMARTS) is 1. The van der Waals surface area contributed by atoms with Gasteiger partial charge in [0.15, 0.2) is 24.6 Å². The first-order chi connectivity index (χ1) is 38.6. The number of unbranched alkanes of at least 4 members (excludes halogenated alkanes) is 11. The van der Waals surface area contributed by atoms with Crippen molar-refractivity contribution in [3.05, 3.63) is 146 Å². The molecule has 0 radical (unpaired) electrons. The third-order valence-corrected chi connectivity index (χ3v) is 12.4. The van der Waals surface area contributed by atoms with Crippen molar-refractivity contribution in [2.45, 2.75) is 237 Å². The highest BCUT2D eigenvalue weighted by Crippen LogP contribution is 2.26. The van der Waals surface area contributed by atoms with Gasteiger partial charge in [0.25, 0.3) is 0 Å². The van der Waals surface area contributed by atoms with Crippen molar-refractivity contribution in [1.82, 2.24) is 0 Å². The van der Waals surface area contributed by atoms with Crippen LogP contribution in [0.25, 0.3) is 0 Å². The number of hydrogen-bond donors (Lipinski definition) is 3. The molecular weight excluding hydrogens is 997 g/mol. The molecule has 12 heteroatoms. The summed E-state index contributed by atoms with van der Waals surface area (Å²) >= 11 is 0. The predicted molar refractivity (Wildman–Crippen MR) is 321 cm³/mol. The molecule has 0 amide bonds. The molecule has 0 aromatic carbocycles. The van der Waals surface area contributed by atoms with E-state index in [1.54, 1.807) is 12.2 Å². The first-order valence-electron chi connectivity index (χ1n) is 29.8. The highest BCUT2D eigenvalue weighted by molar-refractivity contribution is 5.74. The maximum absolute atomic E-state index is 13.2. The Kier molecular flexibility index (Phi) is 48.3. The quantitative estimate of drug-likeness (QED) is 0.0228. The Hall–Kier alpha value is -5.40. The van der Waals surface area contributed by atoms with Crippen LogP contribution < -0.4 is 0 Å². The number of aliphatic hydroxyl groups is 2. The van der Waals surface area contributed by atoms with E-state index >= 15 is 0 Å². The summed E-state index contributed by atoms with van der Waals surface area (Å²) in [6.45, 7) is 5.57. The van der Waals surface area contributed by atoms with Crippen molar-refractivity contribution in [3.8, 4) is 0 Å². The van der Waals surface area contributed by atoms with E-state index in [9.17, 15) is 34.5 Å². The van der Waals surface area contributed by atoms with E-state index in [1.807, 2.05) is 12.2 Å².